The number of thiocarbonyl (C=S) groups is 1. The number of benzene rings is 2. The minimum absolute atomic E-state index is 0.0510. The van der Waals surface area contributed by atoms with E-state index in [-0.39, 0.29) is 21.3 Å². The zero-order chi connectivity index (χ0) is 20.9. The van der Waals surface area contributed by atoms with Gasteiger partial charge in [0.15, 0.2) is 5.11 Å². The lowest BCUT2D eigenvalue weighted by atomic mass is 10.2. The van der Waals surface area contributed by atoms with Gasteiger partial charge in [0.1, 0.15) is 0 Å². The van der Waals surface area contributed by atoms with Crippen LogP contribution in [0, 0.1) is 10.1 Å². The second kappa shape index (κ2) is 8.54. The molecule has 0 bridgehead atoms. The Labute approximate surface area is 165 Å². The van der Waals surface area contributed by atoms with Crippen molar-refractivity contribution in [3.63, 3.8) is 0 Å². The number of nitro groups is 1. The van der Waals surface area contributed by atoms with Crippen LogP contribution in [0.4, 0.5) is 11.4 Å². The van der Waals surface area contributed by atoms with Gasteiger partial charge < -0.3 is 5.32 Å². The van der Waals surface area contributed by atoms with Crippen LogP contribution in [0.1, 0.15) is 17.3 Å². The summed E-state index contributed by atoms with van der Waals surface area (Å²) in [5, 5.41) is 15.7. The van der Waals surface area contributed by atoms with Crippen molar-refractivity contribution < 1.29 is 22.9 Å². The lowest BCUT2D eigenvalue weighted by molar-refractivity contribution is -0.384. The predicted octanol–water partition coefficient (Wildman–Crippen LogP) is 1.55. The van der Waals surface area contributed by atoms with Gasteiger partial charge in [-0.1, -0.05) is 6.07 Å². The molecule has 0 spiro atoms. The molecule has 2 aromatic carbocycles. The monoisotopic (exact) mass is 422 g/mol. The molecule has 0 aromatic heterocycles. The zero-order valence-corrected chi connectivity index (χ0v) is 16.0. The highest BCUT2D eigenvalue weighted by Crippen LogP contribution is 2.15. The van der Waals surface area contributed by atoms with E-state index < -0.39 is 26.8 Å². The third-order valence-corrected chi connectivity index (χ3v) is 4.90. The second-order valence-corrected chi connectivity index (χ2v) is 7.49. The molecule has 0 saturated heterocycles. The molecule has 12 heteroatoms. The van der Waals surface area contributed by atoms with Crippen molar-refractivity contribution in [1.82, 2.24) is 10.0 Å². The average molecular weight is 422 g/mol. The highest BCUT2D eigenvalue weighted by molar-refractivity contribution is 7.90. The highest BCUT2D eigenvalue weighted by atomic mass is 32.2. The van der Waals surface area contributed by atoms with E-state index in [9.17, 15) is 28.1 Å². The van der Waals surface area contributed by atoms with Gasteiger partial charge in [0.05, 0.1) is 9.82 Å². The first-order valence-electron chi connectivity index (χ1n) is 7.59. The number of carbonyl (C=O) groups is 2. The largest absolute Gasteiger partial charge is 0.332 e. The van der Waals surface area contributed by atoms with E-state index in [0.717, 1.165) is 13.0 Å². The molecule has 0 radical (unpaired) electrons. The molecule has 0 saturated carbocycles. The molecule has 0 atom stereocenters. The van der Waals surface area contributed by atoms with Gasteiger partial charge >= 0.3 is 0 Å². The Morgan fingerprint density at radius 1 is 1.11 bits per heavy atom. The van der Waals surface area contributed by atoms with Crippen molar-refractivity contribution in [2.75, 3.05) is 5.32 Å². The minimum Gasteiger partial charge on any atom is -0.332 e. The summed E-state index contributed by atoms with van der Waals surface area (Å²) in [4.78, 5) is 33.1. The normalized spacial score (nSPS) is 10.6. The zero-order valence-electron chi connectivity index (χ0n) is 14.3. The Hall–Kier alpha value is -3.38. The van der Waals surface area contributed by atoms with Crippen molar-refractivity contribution in [3.05, 3.63) is 64.2 Å². The van der Waals surface area contributed by atoms with Gasteiger partial charge in [0, 0.05) is 30.3 Å². The molecule has 28 heavy (non-hydrogen) atoms. The summed E-state index contributed by atoms with van der Waals surface area (Å²) in [6, 6.07) is 10.4. The van der Waals surface area contributed by atoms with Gasteiger partial charge in [-0.3, -0.25) is 25.0 Å². The van der Waals surface area contributed by atoms with Crippen molar-refractivity contribution in [2.45, 2.75) is 11.8 Å². The maximum atomic E-state index is 12.1. The lowest BCUT2D eigenvalue weighted by Gasteiger charge is -2.10. The third-order valence-electron chi connectivity index (χ3n) is 3.25. The van der Waals surface area contributed by atoms with Crippen molar-refractivity contribution in [1.29, 1.82) is 0 Å². The molecule has 2 aromatic rings. The lowest BCUT2D eigenvalue weighted by Crippen LogP contribution is -2.34. The van der Waals surface area contributed by atoms with E-state index in [1.54, 1.807) is 0 Å². The number of amides is 2. The van der Waals surface area contributed by atoms with Gasteiger partial charge in [-0.15, -0.1) is 0 Å². The number of hydrogen-bond donors (Lipinski definition) is 3. The van der Waals surface area contributed by atoms with Gasteiger partial charge in [-0.05, 0) is 42.5 Å². The number of nitrogens with zero attached hydrogens (tertiary/aromatic N) is 1. The van der Waals surface area contributed by atoms with Crippen molar-refractivity contribution >= 4 is 50.5 Å². The van der Waals surface area contributed by atoms with Crippen LogP contribution in [0.25, 0.3) is 0 Å². The molecule has 0 heterocycles. The first-order valence-corrected chi connectivity index (χ1v) is 9.48. The summed E-state index contributed by atoms with van der Waals surface area (Å²) in [5.41, 5.74) is 0.198. The minimum atomic E-state index is -3.96. The van der Waals surface area contributed by atoms with E-state index in [1.165, 1.54) is 42.5 Å². The summed E-state index contributed by atoms with van der Waals surface area (Å²) in [6.07, 6.45) is 0. The Morgan fingerprint density at radius 3 is 2.32 bits per heavy atom. The van der Waals surface area contributed by atoms with Crippen LogP contribution in [0.3, 0.4) is 0 Å². The molecule has 10 nitrogen and oxygen atoms in total. The summed E-state index contributed by atoms with van der Waals surface area (Å²) in [7, 11) is -3.96. The highest BCUT2D eigenvalue weighted by Gasteiger charge is 2.16. The van der Waals surface area contributed by atoms with Gasteiger partial charge in [0.2, 0.25) is 5.91 Å². The smallest absolute Gasteiger partial charge is 0.270 e. The number of carbonyl (C=O) groups excluding carboxylic acids is 2. The van der Waals surface area contributed by atoms with Crippen LogP contribution in [-0.2, 0) is 14.8 Å². The molecule has 0 fully saturated rings. The first-order chi connectivity index (χ1) is 13.1. The van der Waals surface area contributed by atoms with Crippen LogP contribution in [0.5, 0.6) is 0 Å². The van der Waals surface area contributed by atoms with E-state index in [2.05, 4.69) is 10.6 Å². The Bertz CT molecular complexity index is 1050. The standard InChI is InChI=1S/C16H14N4O6S2/c1-10(21)19-28(25,26)14-7-5-12(6-8-14)17-16(27)18-15(22)11-3-2-4-13(9-11)20(23)24/h2-9H,1H3,(H,19,21)(H2,17,18,22,27). The van der Waals surface area contributed by atoms with Crippen molar-refractivity contribution in [3.8, 4) is 0 Å². The molecule has 2 amide bonds. The van der Waals surface area contributed by atoms with Crippen LogP contribution in [0.2, 0.25) is 0 Å². The van der Waals surface area contributed by atoms with Crippen LogP contribution in [-0.4, -0.2) is 30.3 Å². The molecule has 2 rings (SSSR count). The molecule has 0 aliphatic heterocycles. The fraction of sp³-hybridized carbons (Fsp3) is 0.0625. The van der Waals surface area contributed by atoms with E-state index >= 15 is 0 Å². The number of nitrogens with one attached hydrogen (secondary N) is 3. The number of non-ortho nitro benzene ring substituents is 1. The number of nitro benzene ring substituents is 1. The summed E-state index contributed by atoms with van der Waals surface area (Å²) >= 11 is 5.01. The number of hydrogen-bond acceptors (Lipinski definition) is 7. The number of rotatable bonds is 5. The van der Waals surface area contributed by atoms with E-state index in [4.69, 9.17) is 12.2 Å². The molecule has 0 aliphatic rings. The van der Waals surface area contributed by atoms with Gasteiger partial charge in [0.25, 0.3) is 21.6 Å². The van der Waals surface area contributed by atoms with Gasteiger partial charge in [-0.2, -0.15) is 0 Å². The van der Waals surface area contributed by atoms with E-state index in [0.29, 0.717) is 5.69 Å². The molecule has 0 aliphatic carbocycles. The number of sulfonamides is 1. The van der Waals surface area contributed by atoms with Gasteiger partial charge in [-0.25, -0.2) is 13.1 Å². The topological polar surface area (TPSA) is 148 Å². The summed E-state index contributed by atoms with van der Waals surface area (Å²) in [5.74, 6) is -1.36. The molecular weight excluding hydrogens is 408 g/mol. The number of anilines is 1. The average Bonchev–Trinajstić information content (AvgIpc) is 2.61. The SMILES string of the molecule is CC(=O)NS(=O)(=O)c1ccc(NC(=S)NC(=O)c2cccc([N+](=O)[O-])c2)cc1. The fourth-order valence-corrected chi connectivity index (χ4v) is 3.27. The third kappa shape index (κ3) is 5.56. The molecule has 0 unspecified atom stereocenters. The Morgan fingerprint density at radius 2 is 1.75 bits per heavy atom. The molecular formula is C16H14N4O6S2. The summed E-state index contributed by atoms with van der Waals surface area (Å²) in [6.45, 7) is 1.08. The van der Waals surface area contributed by atoms with E-state index in [1.807, 2.05) is 4.72 Å². The first kappa shape index (κ1) is 20.9. The predicted molar refractivity (Wildman–Crippen MR) is 104 cm³/mol. The van der Waals surface area contributed by atoms with Crippen LogP contribution in [0.15, 0.2) is 53.4 Å². The molecule has 3 N–H and O–H groups in total. The molecule has 146 valence electrons. The fourth-order valence-electron chi connectivity index (χ4n) is 2.06. The van der Waals surface area contributed by atoms with Crippen LogP contribution < -0.4 is 15.4 Å². The van der Waals surface area contributed by atoms with Crippen LogP contribution >= 0.6 is 12.2 Å². The maximum absolute atomic E-state index is 12.1. The maximum Gasteiger partial charge on any atom is 0.270 e. The summed E-state index contributed by atoms with van der Waals surface area (Å²) < 4.78 is 25.6. The second-order valence-electron chi connectivity index (χ2n) is 5.40. The van der Waals surface area contributed by atoms with Crippen molar-refractivity contribution in [2.24, 2.45) is 0 Å². The Balaban J connectivity index is 2.03. The Kier molecular flexibility index (Phi) is 6.38. The quantitative estimate of drug-likeness (QED) is 0.373.